The van der Waals surface area contributed by atoms with Gasteiger partial charge in [-0.2, -0.15) is 0 Å². The average Bonchev–Trinajstić information content (AvgIpc) is 3.35. The molecule has 1 aromatic carbocycles. The molecular formula is C23H25N3O9S. The first-order valence-corrected chi connectivity index (χ1v) is 12.1. The van der Waals surface area contributed by atoms with E-state index in [2.05, 4.69) is 10.6 Å². The molecule has 0 bridgehead atoms. The summed E-state index contributed by atoms with van der Waals surface area (Å²) in [6.07, 6.45) is -2.03. The van der Waals surface area contributed by atoms with Gasteiger partial charge >= 0.3 is 18.1 Å². The Bertz CT molecular complexity index is 1170. The van der Waals surface area contributed by atoms with Gasteiger partial charge in [-0.05, 0) is 31.5 Å². The van der Waals surface area contributed by atoms with Gasteiger partial charge in [-0.25, -0.2) is 14.4 Å². The maximum Gasteiger partial charge on any atom is 0.506 e. The Kier molecular flexibility index (Phi) is 6.96. The Morgan fingerprint density at radius 2 is 1.92 bits per heavy atom. The number of nitrogens with one attached hydrogen (secondary N) is 2. The molecule has 12 nitrogen and oxygen atoms in total. The van der Waals surface area contributed by atoms with Gasteiger partial charge in [0.05, 0.1) is 23.6 Å². The molecule has 3 aliphatic heterocycles. The van der Waals surface area contributed by atoms with Crippen LogP contribution in [0, 0.1) is 11.8 Å². The molecule has 5 N–H and O–H groups in total. The molecule has 3 heterocycles. The molecule has 2 saturated heterocycles. The summed E-state index contributed by atoms with van der Waals surface area (Å²) < 4.78 is 4.76. The molecule has 2 amide bonds. The van der Waals surface area contributed by atoms with E-state index in [9.17, 15) is 29.1 Å². The van der Waals surface area contributed by atoms with Gasteiger partial charge in [0.2, 0.25) is 11.8 Å². The van der Waals surface area contributed by atoms with Gasteiger partial charge in [0.15, 0.2) is 0 Å². The summed E-state index contributed by atoms with van der Waals surface area (Å²) in [7, 11) is 0. The standard InChI is InChI=1S/C23H25N3O9S/c1-9-16-15(10(2)35-23(33)34)20(28)26(16)17(22(31)32)18(9)36-13-7-14(24-8-13)19(27)25-12-5-3-4-11(6-12)21(29)30/h3-6,9-10,13-16,24H,7-8H2,1-2H3,(H,25,27)(H,29,30)(H,31,32)(H,33,34)/t9-,10-,13+,14+,15-,16-/m1/s1. The molecule has 1 aromatic rings. The van der Waals surface area contributed by atoms with Crippen LogP contribution in [-0.4, -0.2) is 80.1 Å². The fraction of sp³-hybridized carbons (Fsp3) is 0.435. The summed E-state index contributed by atoms with van der Waals surface area (Å²) in [5.74, 6) is -4.31. The number of rotatable bonds is 8. The van der Waals surface area contributed by atoms with Crippen molar-refractivity contribution in [3.8, 4) is 0 Å². The van der Waals surface area contributed by atoms with Crippen molar-refractivity contribution >= 4 is 47.4 Å². The van der Waals surface area contributed by atoms with E-state index in [4.69, 9.17) is 14.9 Å². The molecule has 2 fully saturated rings. The van der Waals surface area contributed by atoms with Crippen molar-refractivity contribution in [2.75, 3.05) is 11.9 Å². The Morgan fingerprint density at radius 1 is 1.19 bits per heavy atom. The normalized spacial score (nSPS) is 27.8. The molecule has 0 unspecified atom stereocenters. The Hall–Kier alpha value is -3.58. The highest BCUT2D eigenvalue weighted by atomic mass is 32.2. The number of carbonyl (C=O) groups is 5. The third kappa shape index (κ3) is 4.63. The molecule has 0 aromatic heterocycles. The highest BCUT2D eigenvalue weighted by Crippen LogP contribution is 2.52. The van der Waals surface area contributed by atoms with E-state index < -0.39 is 48.1 Å². The SMILES string of the molecule is C[C@@H](OC(=O)O)[C@H]1C(=O)N2C(C(=O)O)=C(S[C@@H]3CN[C@H](C(=O)Nc4cccc(C(=O)O)c4)C3)[C@H](C)[C@H]12. The summed E-state index contributed by atoms with van der Waals surface area (Å²) in [6, 6.07) is 4.80. The lowest BCUT2D eigenvalue weighted by atomic mass is 9.79. The number of aliphatic carboxylic acids is 1. The van der Waals surface area contributed by atoms with Crippen LogP contribution in [0.15, 0.2) is 34.9 Å². The van der Waals surface area contributed by atoms with Gasteiger partial charge in [0, 0.05) is 28.3 Å². The lowest BCUT2D eigenvalue weighted by molar-refractivity contribution is -0.163. The van der Waals surface area contributed by atoms with E-state index in [1.807, 2.05) is 0 Å². The van der Waals surface area contributed by atoms with Crippen LogP contribution >= 0.6 is 11.8 Å². The minimum atomic E-state index is -1.50. The number of fused-ring (bicyclic) bond motifs is 1. The third-order valence-electron chi connectivity index (χ3n) is 6.66. The first-order chi connectivity index (χ1) is 17.0. The zero-order valence-corrected chi connectivity index (χ0v) is 20.2. The number of ether oxygens (including phenoxy) is 1. The predicted octanol–water partition coefficient (Wildman–Crippen LogP) is 1.64. The first-order valence-electron chi connectivity index (χ1n) is 11.2. The van der Waals surface area contributed by atoms with Crippen molar-refractivity contribution in [3.05, 3.63) is 40.4 Å². The van der Waals surface area contributed by atoms with E-state index in [1.54, 1.807) is 13.0 Å². The van der Waals surface area contributed by atoms with Crippen molar-refractivity contribution < 1.29 is 44.0 Å². The van der Waals surface area contributed by atoms with Crippen LogP contribution in [0.4, 0.5) is 10.5 Å². The molecule has 13 heteroatoms. The zero-order valence-electron chi connectivity index (χ0n) is 19.3. The Labute approximate surface area is 209 Å². The highest BCUT2D eigenvalue weighted by molar-refractivity contribution is 8.03. The van der Waals surface area contributed by atoms with Crippen LogP contribution in [0.2, 0.25) is 0 Å². The van der Waals surface area contributed by atoms with Crippen molar-refractivity contribution in [1.29, 1.82) is 0 Å². The van der Waals surface area contributed by atoms with Gasteiger partial charge in [-0.15, -0.1) is 11.8 Å². The van der Waals surface area contributed by atoms with Crippen molar-refractivity contribution in [2.45, 2.75) is 43.7 Å². The summed E-state index contributed by atoms with van der Waals surface area (Å²) in [6.45, 7) is 3.69. The monoisotopic (exact) mass is 519 g/mol. The number of carboxylic acid groups (broad SMARTS) is 3. The largest absolute Gasteiger partial charge is 0.506 e. The second kappa shape index (κ2) is 9.82. The van der Waals surface area contributed by atoms with Gasteiger partial charge in [-0.1, -0.05) is 13.0 Å². The van der Waals surface area contributed by atoms with Gasteiger partial charge in [0.1, 0.15) is 11.8 Å². The van der Waals surface area contributed by atoms with E-state index in [0.29, 0.717) is 23.6 Å². The predicted molar refractivity (Wildman–Crippen MR) is 126 cm³/mol. The molecule has 0 radical (unpaired) electrons. The van der Waals surface area contributed by atoms with E-state index in [1.165, 1.54) is 41.8 Å². The van der Waals surface area contributed by atoms with Crippen molar-refractivity contribution in [1.82, 2.24) is 10.2 Å². The lowest BCUT2D eigenvalue weighted by Gasteiger charge is -2.46. The summed E-state index contributed by atoms with van der Waals surface area (Å²) in [5.41, 5.74) is 0.286. The molecule has 0 saturated carbocycles. The minimum absolute atomic E-state index is 0.0459. The van der Waals surface area contributed by atoms with Crippen LogP contribution in [0.3, 0.4) is 0 Å². The number of aromatic carboxylic acids is 1. The number of carboxylic acids is 2. The maximum absolute atomic E-state index is 12.7. The smallest absolute Gasteiger partial charge is 0.478 e. The summed E-state index contributed by atoms with van der Waals surface area (Å²) in [5, 5.41) is 33.5. The van der Waals surface area contributed by atoms with Crippen molar-refractivity contribution in [3.63, 3.8) is 0 Å². The van der Waals surface area contributed by atoms with Crippen LogP contribution in [0.1, 0.15) is 30.6 Å². The number of anilines is 1. The number of hydrogen-bond donors (Lipinski definition) is 5. The molecule has 3 aliphatic rings. The summed E-state index contributed by atoms with van der Waals surface area (Å²) in [4.78, 5) is 61.3. The fourth-order valence-corrected chi connectivity index (χ4v) is 6.51. The molecule has 4 rings (SSSR count). The molecule has 36 heavy (non-hydrogen) atoms. The number of amides is 2. The second-order valence-corrected chi connectivity index (χ2v) is 10.3. The van der Waals surface area contributed by atoms with E-state index >= 15 is 0 Å². The number of β-lactam (4-membered cyclic amide) rings is 1. The van der Waals surface area contributed by atoms with Gasteiger partial charge in [-0.3, -0.25) is 9.59 Å². The topological polar surface area (TPSA) is 183 Å². The molecule has 192 valence electrons. The second-order valence-electron chi connectivity index (χ2n) is 8.93. The fourth-order valence-electron chi connectivity index (χ4n) is 5.03. The maximum atomic E-state index is 12.7. The molecule has 0 spiro atoms. The zero-order chi connectivity index (χ0) is 26.3. The van der Waals surface area contributed by atoms with E-state index in [-0.39, 0.29) is 28.3 Å². The number of benzene rings is 1. The third-order valence-corrected chi connectivity index (χ3v) is 8.17. The van der Waals surface area contributed by atoms with Gasteiger partial charge in [0.25, 0.3) is 0 Å². The average molecular weight is 520 g/mol. The van der Waals surface area contributed by atoms with Crippen LogP contribution in [-0.2, 0) is 19.1 Å². The summed E-state index contributed by atoms with van der Waals surface area (Å²) >= 11 is 1.30. The number of nitrogens with zero attached hydrogens (tertiary/aromatic N) is 1. The van der Waals surface area contributed by atoms with Crippen molar-refractivity contribution in [2.24, 2.45) is 11.8 Å². The number of thioether (sulfide) groups is 1. The van der Waals surface area contributed by atoms with Gasteiger partial charge < -0.3 is 35.6 Å². The number of hydrogen-bond acceptors (Lipinski definition) is 8. The van der Waals surface area contributed by atoms with E-state index in [0.717, 1.165) is 0 Å². The molecular weight excluding hydrogens is 494 g/mol. The Morgan fingerprint density at radius 3 is 2.56 bits per heavy atom. The highest BCUT2D eigenvalue weighted by Gasteiger charge is 2.61. The lowest BCUT2D eigenvalue weighted by Crippen LogP contribution is -2.64. The quantitative estimate of drug-likeness (QED) is 0.249. The first kappa shape index (κ1) is 25.5. The molecule has 6 atom stereocenters. The van der Waals surface area contributed by atoms with Crippen LogP contribution in [0.5, 0.6) is 0 Å². The minimum Gasteiger partial charge on any atom is -0.478 e. The van der Waals surface area contributed by atoms with Crippen LogP contribution < -0.4 is 10.6 Å². The number of carbonyl (C=O) groups excluding carboxylic acids is 2. The Balaban J connectivity index is 1.43. The molecule has 0 aliphatic carbocycles. The van der Waals surface area contributed by atoms with Crippen LogP contribution in [0.25, 0.3) is 0 Å².